The van der Waals surface area contributed by atoms with Crippen molar-refractivity contribution in [2.24, 2.45) is 17.4 Å². The summed E-state index contributed by atoms with van der Waals surface area (Å²) in [5, 5.41) is 14.0. The molecule has 7 N–H and O–H groups in total. The average molecular weight is 376 g/mol. The van der Waals surface area contributed by atoms with Gasteiger partial charge in [0.15, 0.2) is 0 Å². The van der Waals surface area contributed by atoms with Crippen molar-refractivity contribution < 1.29 is 24.3 Å². The zero-order chi connectivity index (χ0) is 19.6. The molecule has 0 aromatic carbocycles. The van der Waals surface area contributed by atoms with E-state index in [1.165, 1.54) is 11.8 Å². The maximum atomic E-state index is 12.4. The Hall–Kier alpha value is -1.81. The van der Waals surface area contributed by atoms with Gasteiger partial charge in [0.25, 0.3) is 0 Å². The van der Waals surface area contributed by atoms with Crippen LogP contribution in [-0.2, 0) is 19.2 Å². The van der Waals surface area contributed by atoms with Gasteiger partial charge in [0.1, 0.15) is 12.1 Å². The van der Waals surface area contributed by atoms with Gasteiger partial charge >= 0.3 is 5.97 Å². The van der Waals surface area contributed by atoms with Gasteiger partial charge in [0, 0.05) is 6.42 Å². The molecule has 9 nitrogen and oxygen atoms in total. The van der Waals surface area contributed by atoms with Crippen molar-refractivity contribution >= 4 is 35.5 Å². The molecule has 0 aliphatic carbocycles. The maximum absolute atomic E-state index is 12.4. The van der Waals surface area contributed by atoms with Crippen molar-refractivity contribution in [3.63, 3.8) is 0 Å². The van der Waals surface area contributed by atoms with Crippen molar-refractivity contribution in [3.05, 3.63) is 0 Å². The molecule has 0 fully saturated rings. The van der Waals surface area contributed by atoms with E-state index < -0.39 is 41.8 Å². The lowest BCUT2D eigenvalue weighted by Crippen LogP contribution is -2.55. The smallest absolute Gasteiger partial charge is 0.326 e. The molecular formula is C15H28N4O5S. The molecule has 3 amide bonds. The first-order chi connectivity index (χ1) is 11.6. The number of aliphatic carboxylic acids is 1. The lowest BCUT2D eigenvalue weighted by atomic mass is 10.0. The van der Waals surface area contributed by atoms with E-state index in [9.17, 15) is 24.3 Å². The Morgan fingerprint density at radius 1 is 1.04 bits per heavy atom. The number of hydrogen-bond donors (Lipinski definition) is 5. The molecule has 0 bridgehead atoms. The number of rotatable bonds is 12. The fraction of sp³-hybridized carbons (Fsp3) is 0.733. The summed E-state index contributed by atoms with van der Waals surface area (Å²) >= 11 is 1.45. The zero-order valence-electron chi connectivity index (χ0n) is 14.8. The molecule has 0 aliphatic rings. The third-order valence-electron chi connectivity index (χ3n) is 3.56. The fourth-order valence-corrected chi connectivity index (χ4v) is 2.36. The third-order valence-corrected chi connectivity index (χ3v) is 4.20. The molecule has 0 spiro atoms. The molecule has 0 aliphatic heterocycles. The second-order valence-electron chi connectivity index (χ2n) is 6.02. The summed E-state index contributed by atoms with van der Waals surface area (Å²) in [5.74, 6) is -2.62. The van der Waals surface area contributed by atoms with Crippen LogP contribution < -0.4 is 22.1 Å². The lowest BCUT2D eigenvalue weighted by Gasteiger charge is -2.23. The van der Waals surface area contributed by atoms with Gasteiger partial charge in [-0.05, 0) is 30.8 Å². The number of nitrogens with two attached hydrogens (primary N) is 2. The third kappa shape index (κ3) is 9.30. The highest BCUT2D eigenvalue weighted by Crippen LogP contribution is 2.05. The van der Waals surface area contributed by atoms with Gasteiger partial charge in [0.05, 0.1) is 6.04 Å². The largest absolute Gasteiger partial charge is 0.480 e. The van der Waals surface area contributed by atoms with Gasteiger partial charge in [-0.2, -0.15) is 11.8 Å². The molecule has 10 heteroatoms. The first kappa shape index (κ1) is 23.2. The summed E-state index contributed by atoms with van der Waals surface area (Å²) < 4.78 is 0. The molecule has 0 radical (unpaired) electrons. The molecule has 144 valence electrons. The van der Waals surface area contributed by atoms with E-state index in [1.54, 1.807) is 13.8 Å². The minimum atomic E-state index is -1.17. The Kier molecular flexibility index (Phi) is 10.8. The number of thioether (sulfide) groups is 1. The SMILES string of the molecule is CSCC[C@H](NC(=O)[C@H](CCC(N)=O)NC(=O)[C@@H](N)C(C)C)C(=O)O. The lowest BCUT2D eigenvalue weighted by molar-refractivity contribution is -0.142. The number of carbonyl (C=O) groups is 4. The number of primary amides is 1. The van der Waals surface area contributed by atoms with Crippen LogP contribution >= 0.6 is 11.8 Å². The van der Waals surface area contributed by atoms with Gasteiger partial charge in [0.2, 0.25) is 17.7 Å². The minimum absolute atomic E-state index is 0.0351. The highest BCUT2D eigenvalue weighted by Gasteiger charge is 2.28. The Morgan fingerprint density at radius 2 is 1.60 bits per heavy atom. The normalized spacial score (nSPS) is 14.4. The Morgan fingerprint density at radius 3 is 2.04 bits per heavy atom. The zero-order valence-corrected chi connectivity index (χ0v) is 15.6. The minimum Gasteiger partial charge on any atom is -0.480 e. The number of carboxylic acid groups (broad SMARTS) is 1. The maximum Gasteiger partial charge on any atom is 0.326 e. The van der Waals surface area contributed by atoms with E-state index in [0.29, 0.717) is 5.75 Å². The van der Waals surface area contributed by atoms with Crippen LogP contribution in [0.5, 0.6) is 0 Å². The number of nitrogens with one attached hydrogen (secondary N) is 2. The highest BCUT2D eigenvalue weighted by molar-refractivity contribution is 7.98. The summed E-state index contributed by atoms with van der Waals surface area (Å²) in [6, 6.07) is -2.98. The van der Waals surface area contributed by atoms with Crippen LogP contribution in [0.3, 0.4) is 0 Å². The standard InChI is InChI=1S/C15H28N4O5S/c1-8(2)12(17)14(22)18-9(4-5-11(16)20)13(21)19-10(15(23)24)6-7-25-3/h8-10,12H,4-7,17H2,1-3H3,(H2,16,20)(H,18,22)(H,19,21)(H,23,24)/t9-,10-,12-/m0/s1. The van der Waals surface area contributed by atoms with Crippen molar-refractivity contribution in [3.8, 4) is 0 Å². The summed E-state index contributed by atoms with van der Waals surface area (Å²) in [6.45, 7) is 3.51. The van der Waals surface area contributed by atoms with Gasteiger partial charge < -0.3 is 27.2 Å². The van der Waals surface area contributed by atoms with Crippen LogP contribution in [0, 0.1) is 5.92 Å². The molecule has 0 rings (SSSR count). The van der Waals surface area contributed by atoms with Gasteiger partial charge in [-0.1, -0.05) is 13.8 Å². The van der Waals surface area contributed by atoms with Crippen LogP contribution in [0.15, 0.2) is 0 Å². The predicted molar refractivity (Wildman–Crippen MR) is 95.7 cm³/mol. The monoisotopic (exact) mass is 376 g/mol. The van der Waals surface area contributed by atoms with Crippen LogP contribution in [0.4, 0.5) is 0 Å². The number of amides is 3. The number of carbonyl (C=O) groups excluding carboxylic acids is 3. The molecule has 0 unspecified atom stereocenters. The summed E-state index contributed by atoms with van der Waals surface area (Å²) in [7, 11) is 0. The summed E-state index contributed by atoms with van der Waals surface area (Å²) in [5.41, 5.74) is 10.8. The van der Waals surface area contributed by atoms with Gasteiger partial charge in [-0.3, -0.25) is 14.4 Å². The summed E-state index contributed by atoms with van der Waals surface area (Å²) in [6.07, 6.45) is 1.90. The van der Waals surface area contributed by atoms with Gasteiger partial charge in [-0.15, -0.1) is 0 Å². The van der Waals surface area contributed by atoms with E-state index in [2.05, 4.69) is 10.6 Å². The van der Waals surface area contributed by atoms with Gasteiger partial charge in [-0.25, -0.2) is 4.79 Å². The fourth-order valence-electron chi connectivity index (χ4n) is 1.89. The van der Waals surface area contributed by atoms with Crippen molar-refractivity contribution in [2.75, 3.05) is 12.0 Å². The van der Waals surface area contributed by atoms with E-state index in [4.69, 9.17) is 11.5 Å². The van der Waals surface area contributed by atoms with Crippen molar-refractivity contribution in [1.82, 2.24) is 10.6 Å². The first-order valence-corrected chi connectivity index (χ1v) is 9.35. The molecular weight excluding hydrogens is 348 g/mol. The molecule has 0 saturated heterocycles. The Labute approximate surface area is 151 Å². The van der Waals surface area contributed by atoms with E-state index in [-0.39, 0.29) is 25.2 Å². The number of carboxylic acids is 1. The van der Waals surface area contributed by atoms with E-state index in [1.807, 2.05) is 6.26 Å². The average Bonchev–Trinajstić information content (AvgIpc) is 2.53. The van der Waals surface area contributed by atoms with Crippen LogP contribution in [-0.4, -0.2) is 58.9 Å². The molecule has 0 heterocycles. The Balaban J connectivity index is 5.04. The summed E-state index contributed by atoms with van der Waals surface area (Å²) in [4.78, 5) is 46.7. The second-order valence-corrected chi connectivity index (χ2v) is 7.00. The van der Waals surface area contributed by atoms with Crippen LogP contribution in [0.25, 0.3) is 0 Å². The Bertz CT molecular complexity index is 487. The topological polar surface area (TPSA) is 165 Å². The second kappa shape index (κ2) is 11.7. The first-order valence-electron chi connectivity index (χ1n) is 7.96. The highest BCUT2D eigenvalue weighted by atomic mass is 32.2. The molecule has 0 aromatic heterocycles. The molecule has 0 saturated carbocycles. The number of hydrogen-bond acceptors (Lipinski definition) is 6. The van der Waals surface area contributed by atoms with Crippen LogP contribution in [0.1, 0.15) is 33.1 Å². The van der Waals surface area contributed by atoms with E-state index >= 15 is 0 Å². The quantitative estimate of drug-likeness (QED) is 0.293. The molecule has 3 atom stereocenters. The molecule has 0 aromatic rings. The predicted octanol–water partition coefficient (Wildman–Crippen LogP) is -0.957. The van der Waals surface area contributed by atoms with Crippen molar-refractivity contribution in [1.29, 1.82) is 0 Å². The molecule has 25 heavy (non-hydrogen) atoms. The van der Waals surface area contributed by atoms with Crippen molar-refractivity contribution in [2.45, 2.75) is 51.2 Å². The van der Waals surface area contributed by atoms with E-state index in [0.717, 1.165) is 0 Å². The van der Waals surface area contributed by atoms with Crippen LogP contribution in [0.2, 0.25) is 0 Å².